The van der Waals surface area contributed by atoms with Crippen LogP contribution >= 0.6 is 0 Å². The van der Waals surface area contributed by atoms with Gasteiger partial charge in [-0.05, 0) is 24.2 Å². The number of nitriles is 1. The molecule has 4 nitrogen and oxygen atoms in total. The lowest BCUT2D eigenvalue weighted by molar-refractivity contribution is 0.132. The third-order valence-electron chi connectivity index (χ3n) is 3.70. The maximum atomic E-state index is 9.10. The molecule has 1 heterocycles. The van der Waals surface area contributed by atoms with E-state index in [-0.39, 0.29) is 0 Å². The maximum absolute atomic E-state index is 9.10. The number of benzene rings is 1. The minimum absolute atomic E-state index is 0.618. The van der Waals surface area contributed by atoms with Crippen molar-refractivity contribution in [1.29, 1.82) is 5.26 Å². The number of hydrogen-bond donors (Lipinski definition) is 0. The summed E-state index contributed by atoms with van der Waals surface area (Å²) >= 11 is 0. The van der Waals surface area contributed by atoms with E-state index in [1.54, 1.807) is 7.11 Å². The molecule has 0 unspecified atom stereocenters. The molecule has 4 heteroatoms. The minimum atomic E-state index is 0.618. The van der Waals surface area contributed by atoms with Crippen LogP contribution in [0.25, 0.3) is 0 Å². The number of likely N-dealkylation sites (N-methyl/N-ethyl adjacent to an activating group) is 1. The lowest BCUT2D eigenvalue weighted by Crippen LogP contribution is -2.45. The zero-order valence-corrected chi connectivity index (χ0v) is 11.7. The van der Waals surface area contributed by atoms with E-state index >= 15 is 0 Å². The molecule has 0 radical (unpaired) electrons. The molecule has 1 aliphatic rings. The van der Waals surface area contributed by atoms with Gasteiger partial charge in [0.2, 0.25) is 0 Å². The van der Waals surface area contributed by atoms with Crippen molar-refractivity contribution in [2.75, 3.05) is 39.8 Å². The molecule has 0 saturated carbocycles. The Balaban J connectivity index is 1.98. The first-order chi connectivity index (χ1) is 9.26. The molecule has 1 aliphatic heterocycles. The van der Waals surface area contributed by atoms with Gasteiger partial charge in [-0.25, -0.2) is 0 Å². The van der Waals surface area contributed by atoms with E-state index < -0.39 is 0 Å². The van der Waals surface area contributed by atoms with Crippen LogP contribution in [0.4, 0.5) is 0 Å². The molecule has 0 amide bonds. The van der Waals surface area contributed by atoms with Crippen LogP contribution in [0.15, 0.2) is 18.2 Å². The fraction of sp³-hybridized carbons (Fsp3) is 0.533. The molecule has 2 rings (SSSR count). The molecule has 0 N–H and O–H groups in total. The third-order valence-corrected chi connectivity index (χ3v) is 3.70. The van der Waals surface area contributed by atoms with E-state index in [0.717, 1.165) is 39.3 Å². The maximum Gasteiger partial charge on any atom is 0.136 e. The molecule has 0 aliphatic carbocycles. The summed E-state index contributed by atoms with van der Waals surface area (Å²) in [6, 6.07) is 8.06. The molecule has 0 atom stereocenters. The van der Waals surface area contributed by atoms with Gasteiger partial charge in [0.1, 0.15) is 11.8 Å². The SMILES string of the molecule is CCN1CCN(Cc2ccc(OC)c(C#N)c2)CC1. The summed E-state index contributed by atoms with van der Waals surface area (Å²) in [5.41, 5.74) is 1.80. The van der Waals surface area contributed by atoms with Crippen molar-refractivity contribution in [1.82, 2.24) is 9.80 Å². The second kappa shape index (κ2) is 6.55. The first-order valence-electron chi connectivity index (χ1n) is 6.78. The summed E-state index contributed by atoms with van der Waals surface area (Å²) in [6.45, 7) is 8.72. The average molecular weight is 259 g/mol. The van der Waals surface area contributed by atoms with Gasteiger partial charge in [0.25, 0.3) is 0 Å². The lowest BCUT2D eigenvalue weighted by atomic mass is 10.1. The highest BCUT2D eigenvalue weighted by atomic mass is 16.5. The van der Waals surface area contributed by atoms with Crippen LogP contribution in [0.3, 0.4) is 0 Å². The van der Waals surface area contributed by atoms with Crippen LogP contribution in [0.2, 0.25) is 0 Å². The van der Waals surface area contributed by atoms with Gasteiger partial charge >= 0.3 is 0 Å². The number of piperazine rings is 1. The Kier molecular flexibility index (Phi) is 4.78. The van der Waals surface area contributed by atoms with Crippen LogP contribution in [-0.2, 0) is 6.54 Å². The Morgan fingerprint density at radius 2 is 1.89 bits per heavy atom. The van der Waals surface area contributed by atoms with Crippen LogP contribution in [0.1, 0.15) is 18.1 Å². The predicted octanol–water partition coefficient (Wildman–Crippen LogP) is 1.70. The first kappa shape index (κ1) is 13.9. The highest BCUT2D eigenvalue weighted by molar-refractivity contribution is 5.45. The Hall–Kier alpha value is -1.57. The van der Waals surface area contributed by atoms with Crippen molar-refractivity contribution in [3.63, 3.8) is 0 Å². The van der Waals surface area contributed by atoms with Gasteiger partial charge < -0.3 is 9.64 Å². The zero-order valence-electron chi connectivity index (χ0n) is 11.7. The van der Waals surface area contributed by atoms with Crippen molar-refractivity contribution < 1.29 is 4.74 Å². The first-order valence-corrected chi connectivity index (χ1v) is 6.78. The number of ether oxygens (including phenoxy) is 1. The second-order valence-corrected chi connectivity index (χ2v) is 4.86. The van der Waals surface area contributed by atoms with Gasteiger partial charge in [-0.3, -0.25) is 4.90 Å². The average Bonchev–Trinajstić information content (AvgIpc) is 2.48. The van der Waals surface area contributed by atoms with Crippen molar-refractivity contribution in [2.24, 2.45) is 0 Å². The lowest BCUT2D eigenvalue weighted by Gasteiger charge is -2.34. The molecule has 1 fully saturated rings. The van der Waals surface area contributed by atoms with Gasteiger partial charge in [-0.2, -0.15) is 5.26 Å². The number of nitrogens with zero attached hydrogens (tertiary/aromatic N) is 3. The standard InChI is InChI=1S/C15H21N3O/c1-3-17-6-8-18(9-7-17)12-13-4-5-15(19-2)14(10-13)11-16/h4-5,10H,3,6-9,12H2,1-2H3. The minimum Gasteiger partial charge on any atom is -0.495 e. The Labute approximate surface area is 115 Å². The quantitative estimate of drug-likeness (QED) is 0.825. The van der Waals surface area contributed by atoms with Crippen LogP contribution in [0, 0.1) is 11.3 Å². The molecule has 1 aromatic rings. The van der Waals surface area contributed by atoms with Crippen LogP contribution < -0.4 is 4.74 Å². The highest BCUT2D eigenvalue weighted by Crippen LogP contribution is 2.20. The fourth-order valence-corrected chi connectivity index (χ4v) is 2.46. The van der Waals surface area contributed by atoms with E-state index in [1.165, 1.54) is 5.56 Å². The van der Waals surface area contributed by atoms with Crippen molar-refractivity contribution in [2.45, 2.75) is 13.5 Å². The number of rotatable bonds is 4. The molecule has 102 valence electrons. The summed E-state index contributed by atoms with van der Waals surface area (Å²) in [7, 11) is 1.60. The predicted molar refractivity (Wildman–Crippen MR) is 75.1 cm³/mol. The molecule has 19 heavy (non-hydrogen) atoms. The Bertz CT molecular complexity index is 459. The summed E-state index contributed by atoms with van der Waals surface area (Å²) in [5.74, 6) is 0.655. The van der Waals surface area contributed by atoms with Crippen molar-refractivity contribution in [3.8, 4) is 11.8 Å². The largest absolute Gasteiger partial charge is 0.495 e. The van der Waals surface area contributed by atoms with E-state index in [4.69, 9.17) is 10.00 Å². The molecule has 0 spiro atoms. The summed E-state index contributed by atoms with van der Waals surface area (Å²) < 4.78 is 5.17. The summed E-state index contributed by atoms with van der Waals surface area (Å²) in [6.07, 6.45) is 0. The number of hydrogen-bond acceptors (Lipinski definition) is 4. The van der Waals surface area contributed by atoms with E-state index in [0.29, 0.717) is 11.3 Å². The Morgan fingerprint density at radius 1 is 1.21 bits per heavy atom. The van der Waals surface area contributed by atoms with Gasteiger partial charge in [0.15, 0.2) is 0 Å². The van der Waals surface area contributed by atoms with E-state index in [9.17, 15) is 0 Å². The molecule has 0 bridgehead atoms. The zero-order chi connectivity index (χ0) is 13.7. The van der Waals surface area contributed by atoms with Crippen LogP contribution in [0.5, 0.6) is 5.75 Å². The van der Waals surface area contributed by atoms with Crippen LogP contribution in [-0.4, -0.2) is 49.6 Å². The second-order valence-electron chi connectivity index (χ2n) is 4.86. The van der Waals surface area contributed by atoms with Gasteiger partial charge in [-0.15, -0.1) is 0 Å². The molecule has 0 aromatic heterocycles. The van der Waals surface area contributed by atoms with Crippen molar-refractivity contribution in [3.05, 3.63) is 29.3 Å². The third kappa shape index (κ3) is 3.46. The van der Waals surface area contributed by atoms with Crippen molar-refractivity contribution >= 4 is 0 Å². The topological polar surface area (TPSA) is 39.5 Å². The molecular weight excluding hydrogens is 238 g/mol. The Morgan fingerprint density at radius 3 is 2.47 bits per heavy atom. The fourth-order valence-electron chi connectivity index (χ4n) is 2.46. The summed E-state index contributed by atoms with van der Waals surface area (Å²) in [5, 5.41) is 9.10. The summed E-state index contributed by atoms with van der Waals surface area (Å²) in [4.78, 5) is 4.90. The smallest absolute Gasteiger partial charge is 0.136 e. The van der Waals surface area contributed by atoms with Gasteiger partial charge in [-0.1, -0.05) is 13.0 Å². The van der Waals surface area contributed by atoms with Gasteiger partial charge in [0.05, 0.1) is 12.7 Å². The van der Waals surface area contributed by atoms with Gasteiger partial charge in [0, 0.05) is 32.7 Å². The molecule has 1 aromatic carbocycles. The van der Waals surface area contributed by atoms with E-state index in [2.05, 4.69) is 22.8 Å². The normalized spacial score (nSPS) is 17.1. The molecular formula is C15H21N3O. The molecule has 1 saturated heterocycles. The highest BCUT2D eigenvalue weighted by Gasteiger charge is 2.15. The van der Waals surface area contributed by atoms with E-state index in [1.807, 2.05) is 18.2 Å². The number of methoxy groups -OCH3 is 1. The monoisotopic (exact) mass is 259 g/mol.